The second kappa shape index (κ2) is 9.61. The van der Waals surface area contributed by atoms with E-state index in [0.29, 0.717) is 52.0 Å². The van der Waals surface area contributed by atoms with Gasteiger partial charge in [0.1, 0.15) is 5.82 Å². The molecule has 1 fully saturated rings. The summed E-state index contributed by atoms with van der Waals surface area (Å²) in [5, 5.41) is 10.2. The van der Waals surface area contributed by atoms with Crippen LogP contribution in [0.1, 0.15) is 44.9 Å². The number of likely N-dealkylation sites (tertiary alicyclic amines) is 1. The van der Waals surface area contributed by atoms with E-state index in [4.69, 9.17) is 4.74 Å². The number of aromatic nitrogens is 3. The number of aryl methyl sites for hydroxylation is 2. The van der Waals surface area contributed by atoms with Crippen molar-refractivity contribution in [2.45, 2.75) is 64.6 Å². The van der Waals surface area contributed by atoms with Crippen LogP contribution in [0.3, 0.4) is 0 Å². The van der Waals surface area contributed by atoms with E-state index >= 15 is 0 Å². The van der Waals surface area contributed by atoms with Gasteiger partial charge in [0, 0.05) is 45.2 Å². The minimum atomic E-state index is -0.290. The summed E-state index contributed by atoms with van der Waals surface area (Å²) < 4.78 is 8.25. The lowest BCUT2D eigenvalue weighted by Gasteiger charge is -2.31. The van der Waals surface area contributed by atoms with Crippen LogP contribution in [0, 0.1) is 0 Å². The molecule has 3 rings (SSSR count). The maximum Gasteiger partial charge on any atom is 0.409 e. The molecule has 0 unspecified atom stereocenters. The van der Waals surface area contributed by atoms with Crippen LogP contribution < -0.4 is 16.3 Å². The number of piperidine rings is 1. The highest BCUT2D eigenvalue weighted by atomic mass is 16.6. The Balaban J connectivity index is 1.33. The molecule has 1 aromatic heterocycles. The Labute approximate surface area is 164 Å². The normalized spacial score (nSPS) is 17.1. The van der Waals surface area contributed by atoms with Gasteiger partial charge in [0.05, 0.1) is 6.61 Å². The second-order valence-electron chi connectivity index (χ2n) is 7.24. The van der Waals surface area contributed by atoms with Crippen molar-refractivity contribution in [2.75, 3.05) is 26.2 Å². The number of carbonyl (C=O) groups is 2. The molecule has 3 amide bonds. The number of nitrogens with zero attached hydrogens (tertiary/aromatic N) is 4. The lowest BCUT2D eigenvalue weighted by Crippen LogP contribution is -2.49. The lowest BCUT2D eigenvalue weighted by atomic mass is 10.1. The SMILES string of the molecule is CCOC(=O)N1CCC(NC(=O)NCCCn2nc3n(c2=O)CCCC3)CC1. The second-order valence-corrected chi connectivity index (χ2v) is 7.24. The Bertz CT molecular complexity index is 735. The molecule has 156 valence electrons. The molecule has 0 atom stereocenters. The van der Waals surface area contributed by atoms with E-state index in [2.05, 4.69) is 15.7 Å². The minimum Gasteiger partial charge on any atom is -0.450 e. The van der Waals surface area contributed by atoms with Crippen molar-refractivity contribution in [1.29, 1.82) is 0 Å². The number of rotatable bonds is 6. The standard InChI is InChI=1S/C18H30N6O4/c1-2-28-18(27)22-12-7-14(8-13-22)20-16(25)19-9-5-11-24-17(26)23-10-4-3-6-15(23)21-24/h14H,2-13H2,1H3,(H2,19,20,25). The molecule has 0 aromatic carbocycles. The zero-order valence-electron chi connectivity index (χ0n) is 16.5. The molecule has 1 saturated heterocycles. The fraction of sp³-hybridized carbons (Fsp3) is 0.778. The maximum absolute atomic E-state index is 12.2. The molecular weight excluding hydrogens is 364 g/mol. The molecule has 0 spiro atoms. The first-order valence-electron chi connectivity index (χ1n) is 10.2. The third kappa shape index (κ3) is 5.05. The summed E-state index contributed by atoms with van der Waals surface area (Å²) in [7, 11) is 0. The number of amides is 3. The first kappa shape index (κ1) is 20.2. The smallest absolute Gasteiger partial charge is 0.409 e. The Morgan fingerprint density at radius 2 is 2.00 bits per heavy atom. The van der Waals surface area contributed by atoms with Gasteiger partial charge in [-0.1, -0.05) is 0 Å². The predicted octanol–water partition coefficient (Wildman–Crippen LogP) is 0.691. The van der Waals surface area contributed by atoms with Crippen molar-refractivity contribution in [3.8, 4) is 0 Å². The first-order valence-corrected chi connectivity index (χ1v) is 10.2. The molecule has 10 heteroatoms. The highest BCUT2D eigenvalue weighted by Gasteiger charge is 2.24. The van der Waals surface area contributed by atoms with Gasteiger partial charge in [0.25, 0.3) is 0 Å². The molecular formula is C18H30N6O4. The zero-order chi connectivity index (χ0) is 19.9. The molecule has 2 N–H and O–H groups in total. The third-order valence-corrected chi connectivity index (χ3v) is 5.22. The largest absolute Gasteiger partial charge is 0.450 e. The van der Waals surface area contributed by atoms with Gasteiger partial charge in [-0.15, -0.1) is 0 Å². The van der Waals surface area contributed by atoms with Gasteiger partial charge in [-0.25, -0.2) is 19.1 Å². The number of carbonyl (C=O) groups excluding carboxylic acids is 2. The van der Waals surface area contributed by atoms with Gasteiger partial charge in [-0.2, -0.15) is 5.10 Å². The summed E-state index contributed by atoms with van der Waals surface area (Å²) >= 11 is 0. The summed E-state index contributed by atoms with van der Waals surface area (Å²) in [5.74, 6) is 0.871. The van der Waals surface area contributed by atoms with E-state index in [1.165, 1.54) is 4.68 Å². The molecule has 2 aliphatic rings. The number of hydrogen-bond donors (Lipinski definition) is 2. The molecule has 10 nitrogen and oxygen atoms in total. The van der Waals surface area contributed by atoms with Crippen molar-refractivity contribution < 1.29 is 14.3 Å². The van der Waals surface area contributed by atoms with Crippen molar-refractivity contribution >= 4 is 12.1 Å². The van der Waals surface area contributed by atoms with Gasteiger partial charge < -0.3 is 20.3 Å². The fourth-order valence-electron chi connectivity index (χ4n) is 3.68. The molecule has 2 aliphatic heterocycles. The predicted molar refractivity (Wildman–Crippen MR) is 102 cm³/mol. The lowest BCUT2D eigenvalue weighted by molar-refractivity contribution is 0.0957. The highest BCUT2D eigenvalue weighted by Crippen LogP contribution is 2.11. The monoisotopic (exact) mass is 394 g/mol. The number of hydrogen-bond acceptors (Lipinski definition) is 5. The molecule has 0 radical (unpaired) electrons. The Morgan fingerprint density at radius 3 is 2.71 bits per heavy atom. The van der Waals surface area contributed by atoms with Crippen LogP contribution in [0.2, 0.25) is 0 Å². The van der Waals surface area contributed by atoms with Gasteiger partial charge >= 0.3 is 17.8 Å². The van der Waals surface area contributed by atoms with Crippen LogP contribution in [-0.4, -0.2) is 63.7 Å². The van der Waals surface area contributed by atoms with E-state index in [-0.39, 0.29) is 23.9 Å². The Hall–Kier alpha value is -2.52. The topological polar surface area (TPSA) is 110 Å². The quantitative estimate of drug-likeness (QED) is 0.690. The molecule has 0 saturated carbocycles. The molecule has 1 aromatic rings. The van der Waals surface area contributed by atoms with Gasteiger partial charge in [0.15, 0.2) is 0 Å². The summed E-state index contributed by atoms with van der Waals surface area (Å²) in [5.41, 5.74) is -0.0486. The number of ether oxygens (including phenoxy) is 1. The molecule has 3 heterocycles. The number of urea groups is 1. The van der Waals surface area contributed by atoms with Gasteiger partial charge in [-0.05, 0) is 39.0 Å². The maximum atomic E-state index is 12.2. The van der Waals surface area contributed by atoms with Crippen LogP contribution in [0.25, 0.3) is 0 Å². The zero-order valence-corrected chi connectivity index (χ0v) is 16.5. The molecule has 0 bridgehead atoms. The van der Waals surface area contributed by atoms with Crippen molar-refractivity contribution in [3.05, 3.63) is 16.3 Å². The summed E-state index contributed by atoms with van der Waals surface area (Å²) in [6.07, 6.45) is 4.74. The third-order valence-electron chi connectivity index (χ3n) is 5.22. The van der Waals surface area contributed by atoms with Gasteiger partial charge in [-0.3, -0.25) is 4.57 Å². The van der Waals surface area contributed by atoms with Crippen molar-refractivity contribution in [1.82, 2.24) is 29.9 Å². The van der Waals surface area contributed by atoms with Crippen LogP contribution >= 0.6 is 0 Å². The van der Waals surface area contributed by atoms with E-state index in [9.17, 15) is 14.4 Å². The average Bonchev–Trinajstić information content (AvgIpc) is 3.02. The molecule has 0 aliphatic carbocycles. The van der Waals surface area contributed by atoms with E-state index in [0.717, 1.165) is 31.6 Å². The first-order chi connectivity index (χ1) is 13.6. The Morgan fingerprint density at radius 1 is 1.21 bits per heavy atom. The summed E-state index contributed by atoms with van der Waals surface area (Å²) in [6, 6.07) is -0.167. The Kier molecular flexibility index (Phi) is 6.94. The van der Waals surface area contributed by atoms with Gasteiger partial charge in [0.2, 0.25) is 0 Å². The molecule has 28 heavy (non-hydrogen) atoms. The van der Waals surface area contributed by atoms with E-state index in [1.807, 2.05) is 0 Å². The van der Waals surface area contributed by atoms with Crippen molar-refractivity contribution in [2.24, 2.45) is 0 Å². The highest BCUT2D eigenvalue weighted by molar-refractivity contribution is 5.74. The summed E-state index contributed by atoms with van der Waals surface area (Å²) in [4.78, 5) is 37.6. The average molecular weight is 394 g/mol. The number of fused-ring (bicyclic) bond motifs is 1. The van der Waals surface area contributed by atoms with Crippen molar-refractivity contribution in [3.63, 3.8) is 0 Å². The van der Waals surface area contributed by atoms with Crippen LogP contribution in [0.4, 0.5) is 9.59 Å². The van der Waals surface area contributed by atoms with Crippen LogP contribution in [0.5, 0.6) is 0 Å². The minimum absolute atomic E-state index is 0.0486. The summed E-state index contributed by atoms with van der Waals surface area (Å²) in [6.45, 7) is 5.04. The number of nitrogens with one attached hydrogen (secondary N) is 2. The fourth-order valence-corrected chi connectivity index (χ4v) is 3.68. The van der Waals surface area contributed by atoms with Crippen LogP contribution in [0.15, 0.2) is 4.79 Å². The van der Waals surface area contributed by atoms with E-state index in [1.54, 1.807) is 16.4 Å². The van der Waals surface area contributed by atoms with E-state index < -0.39 is 0 Å². The van der Waals surface area contributed by atoms with Crippen LogP contribution in [-0.2, 0) is 24.2 Å².